The number of carbonyl (C=O) groups is 3. The highest BCUT2D eigenvalue weighted by atomic mass is 16.3. The molecule has 8 nitrogen and oxygen atoms in total. The molecule has 1 aliphatic carbocycles. The first-order valence-corrected chi connectivity index (χ1v) is 16.7. The summed E-state index contributed by atoms with van der Waals surface area (Å²) in [6.45, 7) is 12.0. The van der Waals surface area contributed by atoms with Crippen molar-refractivity contribution in [1.29, 1.82) is 0 Å². The number of amides is 2. The zero-order valence-corrected chi connectivity index (χ0v) is 27.8. The average Bonchev–Trinajstić information content (AvgIpc) is 3.49. The molecule has 1 aromatic carbocycles. The second-order valence-electron chi connectivity index (χ2n) is 14.5. The maximum absolute atomic E-state index is 14.0. The van der Waals surface area contributed by atoms with Crippen LogP contribution in [0.2, 0.25) is 0 Å². The van der Waals surface area contributed by atoms with E-state index in [1.807, 2.05) is 51.1 Å². The molecule has 4 N–H and O–H groups in total. The van der Waals surface area contributed by atoms with Gasteiger partial charge in [0.25, 0.3) is 0 Å². The fourth-order valence-electron chi connectivity index (χ4n) is 6.00. The number of aromatic nitrogens is 2. The van der Waals surface area contributed by atoms with Gasteiger partial charge in [-0.15, -0.1) is 0 Å². The highest BCUT2D eigenvalue weighted by Gasteiger charge is 2.34. The van der Waals surface area contributed by atoms with E-state index in [4.69, 9.17) is 0 Å². The Labute approximate surface area is 264 Å². The van der Waals surface area contributed by atoms with E-state index in [1.54, 1.807) is 12.5 Å². The molecule has 0 aliphatic heterocycles. The Bertz CT molecular complexity index is 1150. The molecule has 2 amide bonds. The summed E-state index contributed by atoms with van der Waals surface area (Å²) in [5.41, 5.74) is 1.09. The van der Waals surface area contributed by atoms with Crippen LogP contribution in [0.15, 0.2) is 42.9 Å². The molecule has 0 saturated heterocycles. The van der Waals surface area contributed by atoms with Crippen LogP contribution in [0.4, 0.5) is 0 Å². The van der Waals surface area contributed by atoms with Crippen LogP contribution in [0.25, 0.3) is 0 Å². The molecule has 3 rings (SSSR count). The lowest BCUT2D eigenvalue weighted by molar-refractivity contribution is -0.135. The van der Waals surface area contributed by atoms with Crippen LogP contribution in [0.5, 0.6) is 0 Å². The number of hydrogen-bond acceptors (Lipinski definition) is 5. The number of ketones is 1. The second kappa shape index (κ2) is 16.9. The van der Waals surface area contributed by atoms with E-state index in [1.165, 1.54) is 19.3 Å². The molecule has 8 heteroatoms. The normalized spacial score (nSPS) is 17.8. The highest BCUT2D eigenvalue weighted by Crippen LogP contribution is 2.30. The van der Waals surface area contributed by atoms with Crippen LogP contribution >= 0.6 is 0 Å². The van der Waals surface area contributed by atoms with Crippen molar-refractivity contribution in [1.82, 2.24) is 20.6 Å². The number of benzene rings is 1. The van der Waals surface area contributed by atoms with Crippen molar-refractivity contribution in [2.75, 3.05) is 0 Å². The highest BCUT2D eigenvalue weighted by molar-refractivity contribution is 5.92. The molecular formula is C36H56N4O4. The van der Waals surface area contributed by atoms with E-state index < -0.39 is 29.5 Å². The Morgan fingerprint density at radius 3 is 2.25 bits per heavy atom. The Morgan fingerprint density at radius 2 is 1.66 bits per heavy atom. The third kappa shape index (κ3) is 11.5. The zero-order valence-electron chi connectivity index (χ0n) is 27.8. The van der Waals surface area contributed by atoms with Gasteiger partial charge in [-0.1, -0.05) is 104 Å². The van der Waals surface area contributed by atoms with Crippen molar-refractivity contribution in [3.8, 4) is 0 Å². The van der Waals surface area contributed by atoms with Crippen LogP contribution in [-0.4, -0.2) is 50.9 Å². The SMILES string of the molecule is CC(C)[C@@H](C)C[C@H](O)[C@H](CC1CCCCC1)NC(=O)[C@H](Cc1cnc[nH]1)NC(=O)C(CC(=O)C(C)(C)C)Cc1ccccc1. The fraction of sp³-hybridized carbons (Fsp3) is 0.667. The minimum Gasteiger partial charge on any atom is -0.391 e. The lowest BCUT2D eigenvalue weighted by atomic mass is 9.81. The van der Waals surface area contributed by atoms with E-state index in [9.17, 15) is 19.5 Å². The maximum Gasteiger partial charge on any atom is 0.243 e. The predicted molar refractivity (Wildman–Crippen MR) is 175 cm³/mol. The molecule has 1 fully saturated rings. The minimum atomic E-state index is -0.894. The van der Waals surface area contributed by atoms with Gasteiger partial charge in [-0.2, -0.15) is 0 Å². The largest absolute Gasteiger partial charge is 0.391 e. The number of rotatable bonds is 16. The van der Waals surface area contributed by atoms with E-state index >= 15 is 0 Å². The number of aliphatic hydroxyl groups excluding tert-OH is 1. The number of imidazole rings is 1. The van der Waals surface area contributed by atoms with Gasteiger partial charge in [-0.3, -0.25) is 14.4 Å². The van der Waals surface area contributed by atoms with Crippen LogP contribution < -0.4 is 10.6 Å². The summed E-state index contributed by atoms with van der Waals surface area (Å²) in [7, 11) is 0. The van der Waals surface area contributed by atoms with Crippen molar-refractivity contribution >= 4 is 17.6 Å². The van der Waals surface area contributed by atoms with Gasteiger partial charge in [0.1, 0.15) is 11.8 Å². The molecule has 44 heavy (non-hydrogen) atoms. The van der Waals surface area contributed by atoms with Crippen LogP contribution in [0, 0.1) is 29.1 Å². The minimum absolute atomic E-state index is 0.00177. The molecule has 1 unspecified atom stereocenters. The molecule has 1 aromatic heterocycles. The number of carbonyl (C=O) groups excluding carboxylic acids is 3. The number of aliphatic hydroxyl groups is 1. The van der Waals surface area contributed by atoms with Crippen molar-refractivity contribution in [2.24, 2.45) is 29.1 Å². The smallest absolute Gasteiger partial charge is 0.243 e. The lowest BCUT2D eigenvalue weighted by Gasteiger charge is -2.33. The van der Waals surface area contributed by atoms with Crippen LogP contribution in [0.1, 0.15) is 104 Å². The zero-order chi connectivity index (χ0) is 32.3. The van der Waals surface area contributed by atoms with Crippen LogP contribution in [0.3, 0.4) is 0 Å². The van der Waals surface area contributed by atoms with E-state index in [-0.39, 0.29) is 30.4 Å². The third-order valence-electron chi connectivity index (χ3n) is 9.43. The van der Waals surface area contributed by atoms with Crippen molar-refractivity contribution in [3.05, 3.63) is 54.1 Å². The summed E-state index contributed by atoms with van der Waals surface area (Å²) < 4.78 is 0. The number of hydrogen-bond donors (Lipinski definition) is 4. The summed E-state index contributed by atoms with van der Waals surface area (Å²) in [6, 6.07) is 8.36. The summed E-state index contributed by atoms with van der Waals surface area (Å²) in [4.78, 5) is 48.1. The fourth-order valence-corrected chi connectivity index (χ4v) is 6.00. The summed E-state index contributed by atoms with van der Waals surface area (Å²) in [5.74, 6) is -0.113. The van der Waals surface area contributed by atoms with Gasteiger partial charge >= 0.3 is 0 Å². The number of nitrogens with one attached hydrogen (secondary N) is 3. The van der Waals surface area contributed by atoms with Crippen molar-refractivity contribution < 1.29 is 19.5 Å². The quantitative estimate of drug-likeness (QED) is 0.192. The molecule has 0 spiro atoms. The standard InChI is InChI=1S/C36H56N4O4/c1-24(2)25(3)17-32(41)30(19-27-15-11-8-12-16-27)39-35(44)31(21-29-22-37-23-38-29)40-34(43)28(20-33(42)36(4,5)6)18-26-13-9-7-10-14-26/h7,9-10,13-14,22-25,27-28,30-32,41H,8,11-12,15-21H2,1-6H3,(H,37,38)(H,39,44)(H,40,43)/t25-,28?,30-,31-,32-/m0/s1. The van der Waals surface area contributed by atoms with Gasteiger partial charge in [0.15, 0.2) is 0 Å². The van der Waals surface area contributed by atoms with Gasteiger partial charge in [0, 0.05) is 36.1 Å². The van der Waals surface area contributed by atoms with E-state index in [0.717, 1.165) is 24.8 Å². The van der Waals surface area contributed by atoms with Gasteiger partial charge in [0.05, 0.1) is 18.5 Å². The number of nitrogens with zero attached hydrogens (tertiary/aromatic N) is 1. The molecule has 1 heterocycles. The number of Topliss-reactive ketones (excluding diaryl/α,β-unsaturated/α-hetero) is 1. The third-order valence-corrected chi connectivity index (χ3v) is 9.43. The van der Waals surface area contributed by atoms with E-state index in [0.29, 0.717) is 36.3 Å². The van der Waals surface area contributed by atoms with E-state index in [2.05, 4.69) is 41.4 Å². The topological polar surface area (TPSA) is 124 Å². The summed E-state index contributed by atoms with van der Waals surface area (Å²) in [5, 5.41) is 17.6. The molecule has 2 aromatic rings. The number of H-pyrrole nitrogens is 1. The second-order valence-corrected chi connectivity index (χ2v) is 14.5. The van der Waals surface area contributed by atoms with Crippen molar-refractivity contribution in [3.63, 3.8) is 0 Å². The number of aromatic amines is 1. The average molecular weight is 609 g/mol. The summed E-state index contributed by atoms with van der Waals surface area (Å²) >= 11 is 0. The van der Waals surface area contributed by atoms with Gasteiger partial charge in [-0.25, -0.2) is 4.98 Å². The van der Waals surface area contributed by atoms with Gasteiger partial charge in [-0.05, 0) is 42.6 Å². The molecule has 244 valence electrons. The predicted octanol–water partition coefficient (Wildman–Crippen LogP) is 5.80. The first-order valence-electron chi connectivity index (χ1n) is 16.7. The van der Waals surface area contributed by atoms with Crippen molar-refractivity contribution in [2.45, 2.75) is 124 Å². The Kier molecular flexibility index (Phi) is 13.6. The molecular weight excluding hydrogens is 552 g/mol. The molecule has 1 saturated carbocycles. The van der Waals surface area contributed by atoms with Gasteiger partial charge < -0.3 is 20.7 Å². The first kappa shape index (κ1) is 35.5. The maximum atomic E-state index is 14.0. The van der Waals surface area contributed by atoms with Gasteiger partial charge in [0.2, 0.25) is 11.8 Å². The molecule has 1 aliphatic rings. The Morgan fingerprint density at radius 1 is 0.977 bits per heavy atom. The molecule has 5 atom stereocenters. The summed E-state index contributed by atoms with van der Waals surface area (Å²) in [6.07, 6.45) is 10.3. The Balaban J connectivity index is 1.83. The monoisotopic (exact) mass is 608 g/mol. The van der Waals surface area contributed by atoms with Crippen LogP contribution in [-0.2, 0) is 27.2 Å². The molecule has 0 bridgehead atoms. The molecule has 0 radical (unpaired) electrons. The first-order chi connectivity index (χ1) is 20.8. The lowest BCUT2D eigenvalue weighted by Crippen LogP contribution is -2.55. The Hall–Kier alpha value is -3.00.